The molecule has 1 N–H and O–H groups in total. The number of piperidine rings is 1. The van der Waals surface area contributed by atoms with Crippen molar-refractivity contribution in [2.24, 2.45) is 0 Å². The fourth-order valence-corrected chi connectivity index (χ4v) is 3.20. The van der Waals surface area contributed by atoms with E-state index in [0.29, 0.717) is 17.7 Å². The summed E-state index contributed by atoms with van der Waals surface area (Å²) in [6.45, 7) is 1.96. The Morgan fingerprint density at radius 2 is 1.73 bits per heavy atom. The monoisotopic (exact) mass is 352 g/mol. The zero-order valence-electron chi connectivity index (χ0n) is 15.0. The molecule has 0 spiro atoms. The lowest BCUT2D eigenvalue weighted by Crippen LogP contribution is -2.35. The Morgan fingerprint density at radius 1 is 1.00 bits per heavy atom. The molecule has 0 atom stereocenters. The number of hydrogen-bond donors (Lipinski definition) is 1. The van der Waals surface area contributed by atoms with Crippen LogP contribution in [0.1, 0.15) is 45.5 Å². The number of ether oxygens (including phenoxy) is 1. The van der Waals surface area contributed by atoms with Gasteiger partial charge in [0.1, 0.15) is 5.75 Å². The van der Waals surface area contributed by atoms with Crippen molar-refractivity contribution in [2.75, 3.05) is 20.2 Å². The Hall–Kier alpha value is -2.82. The topological polar surface area (TPSA) is 58.6 Å². The summed E-state index contributed by atoms with van der Waals surface area (Å²) in [5.41, 5.74) is 1.96. The van der Waals surface area contributed by atoms with E-state index in [1.54, 1.807) is 31.4 Å². The number of nitrogens with zero attached hydrogens (tertiary/aromatic N) is 1. The van der Waals surface area contributed by atoms with Gasteiger partial charge in [0, 0.05) is 36.3 Å². The number of hydrogen-bond acceptors (Lipinski definition) is 3. The minimum absolute atomic E-state index is 0.00378. The van der Waals surface area contributed by atoms with Crippen molar-refractivity contribution >= 4 is 11.8 Å². The fourth-order valence-electron chi connectivity index (χ4n) is 3.20. The summed E-state index contributed by atoms with van der Waals surface area (Å²) in [5.74, 6) is 0.537. The van der Waals surface area contributed by atoms with Gasteiger partial charge in [0.15, 0.2) is 0 Å². The second-order valence-electron chi connectivity index (χ2n) is 6.43. The van der Waals surface area contributed by atoms with Gasteiger partial charge in [-0.15, -0.1) is 0 Å². The molecule has 26 heavy (non-hydrogen) atoms. The van der Waals surface area contributed by atoms with Crippen LogP contribution in [0.3, 0.4) is 0 Å². The van der Waals surface area contributed by atoms with E-state index in [1.165, 1.54) is 6.42 Å². The summed E-state index contributed by atoms with van der Waals surface area (Å²) in [6, 6.07) is 14.5. The first-order chi connectivity index (χ1) is 12.7. The number of carbonyl (C=O) groups is 2. The van der Waals surface area contributed by atoms with Gasteiger partial charge in [-0.05, 0) is 43.5 Å². The third-order valence-corrected chi connectivity index (χ3v) is 4.65. The Labute approximate surface area is 154 Å². The maximum absolute atomic E-state index is 12.6. The lowest BCUT2D eigenvalue weighted by molar-refractivity contribution is 0.0724. The lowest BCUT2D eigenvalue weighted by atomic mass is 10.1. The summed E-state index contributed by atoms with van der Waals surface area (Å²) in [5, 5.41) is 2.89. The molecule has 5 nitrogen and oxygen atoms in total. The van der Waals surface area contributed by atoms with Crippen LogP contribution in [0.5, 0.6) is 5.75 Å². The quantitative estimate of drug-likeness (QED) is 0.899. The smallest absolute Gasteiger partial charge is 0.253 e. The van der Waals surface area contributed by atoms with E-state index in [4.69, 9.17) is 4.74 Å². The number of amides is 2. The maximum Gasteiger partial charge on any atom is 0.253 e. The van der Waals surface area contributed by atoms with Gasteiger partial charge in [0.05, 0.1) is 7.11 Å². The molecule has 5 heteroatoms. The van der Waals surface area contributed by atoms with Crippen molar-refractivity contribution in [1.82, 2.24) is 10.2 Å². The summed E-state index contributed by atoms with van der Waals surface area (Å²) in [6.07, 6.45) is 3.27. The predicted octanol–water partition coefficient (Wildman–Crippen LogP) is 3.25. The van der Waals surface area contributed by atoms with E-state index in [-0.39, 0.29) is 11.8 Å². The van der Waals surface area contributed by atoms with E-state index in [2.05, 4.69) is 5.32 Å². The highest BCUT2D eigenvalue weighted by molar-refractivity contribution is 5.99. The SMILES string of the molecule is COc1ccccc1CNC(=O)c1cccc(C(=O)N2CCCCC2)c1. The Kier molecular flexibility index (Phi) is 5.89. The van der Waals surface area contributed by atoms with Crippen molar-refractivity contribution in [3.63, 3.8) is 0 Å². The van der Waals surface area contributed by atoms with Crippen LogP contribution < -0.4 is 10.1 Å². The number of rotatable bonds is 5. The zero-order valence-corrected chi connectivity index (χ0v) is 15.0. The molecule has 0 radical (unpaired) electrons. The van der Waals surface area contributed by atoms with Crippen molar-refractivity contribution in [2.45, 2.75) is 25.8 Å². The molecule has 3 rings (SSSR count). The van der Waals surface area contributed by atoms with Crippen molar-refractivity contribution in [1.29, 1.82) is 0 Å². The largest absolute Gasteiger partial charge is 0.496 e. The van der Waals surface area contributed by atoms with Gasteiger partial charge < -0.3 is 15.0 Å². The first kappa shape index (κ1) is 18.0. The summed E-state index contributed by atoms with van der Waals surface area (Å²) < 4.78 is 5.30. The van der Waals surface area contributed by atoms with Crippen LogP contribution in [-0.4, -0.2) is 36.9 Å². The average Bonchev–Trinajstić information content (AvgIpc) is 2.72. The third kappa shape index (κ3) is 4.23. The van der Waals surface area contributed by atoms with Gasteiger partial charge in [-0.2, -0.15) is 0 Å². The van der Waals surface area contributed by atoms with E-state index in [9.17, 15) is 9.59 Å². The lowest BCUT2D eigenvalue weighted by Gasteiger charge is -2.26. The summed E-state index contributed by atoms with van der Waals surface area (Å²) in [7, 11) is 1.61. The van der Waals surface area contributed by atoms with Gasteiger partial charge in [0.25, 0.3) is 11.8 Å². The molecule has 0 aliphatic carbocycles. The summed E-state index contributed by atoms with van der Waals surface area (Å²) in [4.78, 5) is 27.0. The third-order valence-electron chi connectivity index (χ3n) is 4.65. The molecule has 0 bridgehead atoms. The van der Waals surface area contributed by atoms with E-state index in [1.807, 2.05) is 29.2 Å². The molecule has 1 saturated heterocycles. The van der Waals surface area contributed by atoms with Gasteiger partial charge in [0.2, 0.25) is 0 Å². The molecule has 2 aromatic rings. The molecular weight excluding hydrogens is 328 g/mol. The molecule has 1 aliphatic heterocycles. The van der Waals surface area contributed by atoms with Crippen molar-refractivity contribution in [3.05, 3.63) is 65.2 Å². The molecule has 2 aromatic carbocycles. The maximum atomic E-state index is 12.6. The normalized spacial score (nSPS) is 14.0. The van der Waals surface area contributed by atoms with Gasteiger partial charge in [-0.3, -0.25) is 9.59 Å². The molecule has 1 heterocycles. The van der Waals surface area contributed by atoms with Crippen LogP contribution in [-0.2, 0) is 6.54 Å². The summed E-state index contributed by atoms with van der Waals surface area (Å²) >= 11 is 0. The van der Waals surface area contributed by atoms with Crippen molar-refractivity contribution < 1.29 is 14.3 Å². The van der Waals surface area contributed by atoms with Gasteiger partial charge in [-0.25, -0.2) is 0 Å². The predicted molar refractivity (Wildman–Crippen MR) is 100 cm³/mol. The van der Waals surface area contributed by atoms with Crippen LogP contribution in [0.25, 0.3) is 0 Å². The molecule has 136 valence electrons. The number of para-hydroxylation sites is 1. The van der Waals surface area contributed by atoms with Crippen LogP contribution in [0, 0.1) is 0 Å². The molecule has 2 amide bonds. The molecule has 0 unspecified atom stereocenters. The first-order valence-electron chi connectivity index (χ1n) is 8.98. The second-order valence-corrected chi connectivity index (χ2v) is 6.43. The number of nitrogens with one attached hydrogen (secondary N) is 1. The highest BCUT2D eigenvalue weighted by atomic mass is 16.5. The van der Waals surface area contributed by atoms with Crippen molar-refractivity contribution in [3.8, 4) is 5.75 Å². The Bertz CT molecular complexity index is 782. The standard InChI is InChI=1S/C21H24N2O3/c1-26-19-11-4-3-8-18(19)15-22-20(24)16-9-7-10-17(14-16)21(25)23-12-5-2-6-13-23/h3-4,7-11,14H,2,5-6,12-13,15H2,1H3,(H,22,24). The number of benzene rings is 2. The molecular formula is C21H24N2O3. The first-order valence-corrected chi connectivity index (χ1v) is 8.98. The number of likely N-dealkylation sites (tertiary alicyclic amines) is 1. The van der Waals surface area contributed by atoms with Gasteiger partial charge in [-0.1, -0.05) is 24.3 Å². The fraction of sp³-hybridized carbons (Fsp3) is 0.333. The van der Waals surface area contributed by atoms with E-state index >= 15 is 0 Å². The zero-order chi connectivity index (χ0) is 18.4. The number of methoxy groups -OCH3 is 1. The van der Waals surface area contributed by atoms with E-state index < -0.39 is 0 Å². The van der Waals surface area contributed by atoms with E-state index in [0.717, 1.165) is 37.2 Å². The van der Waals surface area contributed by atoms with Crippen LogP contribution >= 0.6 is 0 Å². The Morgan fingerprint density at radius 3 is 2.50 bits per heavy atom. The minimum Gasteiger partial charge on any atom is -0.496 e. The highest BCUT2D eigenvalue weighted by Gasteiger charge is 2.19. The Balaban J connectivity index is 1.67. The van der Waals surface area contributed by atoms with Crippen LogP contribution in [0.4, 0.5) is 0 Å². The van der Waals surface area contributed by atoms with Crippen LogP contribution in [0.15, 0.2) is 48.5 Å². The van der Waals surface area contributed by atoms with Crippen LogP contribution in [0.2, 0.25) is 0 Å². The highest BCUT2D eigenvalue weighted by Crippen LogP contribution is 2.17. The number of carbonyl (C=O) groups excluding carboxylic acids is 2. The second kappa shape index (κ2) is 8.52. The minimum atomic E-state index is -0.204. The van der Waals surface area contributed by atoms with Gasteiger partial charge >= 0.3 is 0 Å². The molecule has 1 aliphatic rings. The molecule has 1 fully saturated rings. The average molecular weight is 352 g/mol. The molecule has 0 aromatic heterocycles. The molecule has 0 saturated carbocycles.